The van der Waals surface area contributed by atoms with Gasteiger partial charge in [0.05, 0.1) is 34.0 Å². The normalized spacial score (nSPS) is 10.9. The summed E-state index contributed by atoms with van der Waals surface area (Å²) in [6, 6.07) is 11.9. The molecule has 0 aliphatic rings. The summed E-state index contributed by atoms with van der Waals surface area (Å²) in [6.45, 7) is 7.96. The fourth-order valence-corrected chi connectivity index (χ4v) is 2.88. The number of hydrogen-bond donors (Lipinski definition) is 2. The zero-order valence-corrected chi connectivity index (χ0v) is 21.5. The topological polar surface area (TPSA) is 73.3 Å². The second-order valence-electron chi connectivity index (χ2n) is 6.89. The van der Waals surface area contributed by atoms with Crippen LogP contribution in [-0.4, -0.2) is 39.9 Å². The molecule has 0 aliphatic carbocycles. The lowest BCUT2D eigenvalue weighted by atomic mass is 10.2. The highest BCUT2D eigenvalue weighted by Gasteiger charge is 2.13. The molecule has 0 atom stereocenters. The van der Waals surface area contributed by atoms with Crippen LogP contribution in [0.1, 0.15) is 31.9 Å². The molecule has 0 unspecified atom stereocenters. The molecule has 0 saturated carbocycles. The predicted octanol–water partition coefficient (Wildman–Crippen LogP) is 4.37. The molecule has 0 saturated heterocycles. The first-order chi connectivity index (χ1) is 14.5. The van der Waals surface area contributed by atoms with Crippen molar-refractivity contribution in [2.75, 3.05) is 27.9 Å². The zero-order chi connectivity index (χ0) is 21.9. The third kappa shape index (κ3) is 8.35. The lowest BCUT2D eigenvalue weighted by molar-refractivity contribution is 0.242. The van der Waals surface area contributed by atoms with E-state index in [0.29, 0.717) is 30.3 Å². The van der Waals surface area contributed by atoms with Crippen molar-refractivity contribution in [2.45, 2.75) is 40.0 Å². The Morgan fingerprint density at radius 1 is 0.903 bits per heavy atom. The molecule has 0 amide bonds. The molecule has 8 heteroatoms. The molecule has 0 radical (unpaired) electrons. The van der Waals surface area contributed by atoms with E-state index in [9.17, 15) is 0 Å². The van der Waals surface area contributed by atoms with E-state index in [1.54, 1.807) is 21.3 Å². The first kappa shape index (κ1) is 26.7. The van der Waals surface area contributed by atoms with Crippen LogP contribution in [0.2, 0.25) is 0 Å². The Labute approximate surface area is 202 Å². The van der Waals surface area contributed by atoms with Gasteiger partial charge in [0.15, 0.2) is 17.5 Å². The van der Waals surface area contributed by atoms with Crippen LogP contribution in [0.15, 0.2) is 41.4 Å². The van der Waals surface area contributed by atoms with E-state index in [1.165, 1.54) is 0 Å². The molecule has 172 valence electrons. The Morgan fingerprint density at radius 3 is 2.00 bits per heavy atom. The highest BCUT2D eigenvalue weighted by Crippen LogP contribution is 2.38. The number of nitrogens with zero attached hydrogens (tertiary/aromatic N) is 1. The number of nitrogens with one attached hydrogen (secondary N) is 2. The zero-order valence-electron chi connectivity index (χ0n) is 19.2. The summed E-state index contributed by atoms with van der Waals surface area (Å²) in [5.74, 6) is 3.40. The molecule has 7 nitrogen and oxygen atoms in total. The fraction of sp³-hybridized carbons (Fsp3) is 0.435. The SMILES string of the molecule is CCNC(=NCc1cc(OC)c(OC)c(OC)c1)NCc1ccc(OC(C)C)cc1.I. The first-order valence-corrected chi connectivity index (χ1v) is 10.1. The quantitative estimate of drug-likeness (QED) is 0.264. The van der Waals surface area contributed by atoms with Gasteiger partial charge in [-0.2, -0.15) is 0 Å². The van der Waals surface area contributed by atoms with Crippen LogP contribution in [0.4, 0.5) is 0 Å². The Hall–Kier alpha value is -2.36. The summed E-state index contributed by atoms with van der Waals surface area (Å²) in [5, 5.41) is 6.63. The average Bonchev–Trinajstić information content (AvgIpc) is 2.75. The van der Waals surface area contributed by atoms with E-state index in [2.05, 4.69) is 15.6 Å². The van der Waals surface area contributed by atoms with Gasteiger partial charge in [-0.15, -0.1) is 24.0 Å². The van der Waals surface area contributed by atoms with E-state index < -0.39 is 0 Å². The van der Waals surface area contributed by atoms with Crippen molar-refractivity contribution in [1.29, 1.82) is 0 Å². The molecule has 0 bridgehead atoms. The van der Waals surface area contributed by atoms with Crippen LogP contribution < -0.4 is 29.6 Å². The van der Waals surface area contributed by atoms with Gasteiger partial charge in [-0.3, -0.25) is 0 Å². The summed E-state index contributed by atoms with van der Waals surface area (Å²) < 4.78 is 21.9. The summed E-state index contributed by atoms with van der Waals surface area (Å²) in [6.07, 6.45) is 0.164. The van der Waals surface area contributed by atoms with E-state index in [1.807, 2.05) is 57.2 Å². The van der Waals surface area contributed by atoms with E-state index in [0.717, 1.165) is 29.4 Å². The third-order valence-electron chi connectivity index (χ3n) is 4.24. The van der Waals surface area contributed by atoms with Crippen molar-refractivity contribution in [3.8, 4) is 23.0 Å². The second-order valence-corrected chi connectivity index (χ2v) is 6.89. The van der Waals surface area contributed by atoms with Crippen molar-refractivity contribution < 1.29 is 18.9 Å². The molecule has 0 spiro atoms. The number of ether oxygens (including phenoxy) is 4. The fourth-order valence-electron chi connectivity index (χ4n) is 2.88. The van der Waals surface area contributed by atoms with E-state index in [-0.39, 0.29) is 30.1 Å². The minimum Gasteiger partial charge on any atom is -0.493 e. The van der Waals surface area contributed by atoms with Crippen LogP contribution in [-0.2, 0) is 13.1 Å². The smallest absolute Gasteiger partial charge is 0.203 e. The van der Waals surface area contributed by atoms with Crippen molar-refractivity contribution in [3.05, 3.63) is 47.5 Å². The summed E-state index contributed by atoms with van der Waals surface area (Å²) in [5.41, 5.74) is 2.10. The highest BCUT2D eigenvalue weighted by molar-refractivity contribution is 14.0. The molecule has 0 aliphatic heterocycles. The minimum atomic E-state index is 0. The van der Waals surface area contributed by atoms with Gasteiger partial charge in [-0.25, -0.2) is 4.99 Å². The van der Waals surface area contributed by atoms with Crippen molar-refractivity contribution in [3.63, 3.8) is 0 Å². The van der Waals surface area contributed by atoms with Gasteiger partial charge < -0.3 is 29.6 Å². The predicted molar refractivity (Wildman–Crippen MR) is 135 cm³/mol. The van der Waals surface area contributed by atoms with Crippen molar-refractivity contribution in [2.24, 2.45) is 4.99 Å². The van der Waals surface area contributed by atoms with Crippen LogP contribution in [0.3, 0.4) is 0 Å². The molecule has 2 N–H and O–H groups in total. The van der Waals surface area contributed by atoms with Gasteiger partial charge in [-0.1, -0.05) is 12.1 Å². The summed E-state index contributed by atoms with van der Waals surface area (Å²) in [7, 11) is 4.80. The maximum atomic E-state index is 5.69. The molecule has 0 heterocycles. The lowest BCUT2D eigenvalue weighted by Crippen LogP contribution is -2.36. The Balaban J connectivity index is 0.00000480. The summed E-state index contributed by atoms with van der Waals surface area (Å²) >= 11 is 0. The van der Waals surface area contributed by atoms with Gasteiger partial charge in [-0.05, 0) is 56.2 Å². The molecule has 0 aromatic heterocycles. The van der Waals surface area contributed by atoms with Gasteiger partial charge in [0.2, 0.25) is 5.75 Å². The third-order valence-corrected chi connectivity index (χ3v) is 4.24. The van der Waals surface area contributed by atoms with E-state index in [4.69, 9.17) is 18.9 Å². The van der Waals surface area contributed by atoms with Gasteiger partial charge >= 0.3 is 0 Å². The average molecular weight is 543 g/mol. The standard InChI is InChI=1S/C23H33N3O4.HI/c1-7-24-23(25-14-17-8-10-19(11-9-17)30-16(2)3)26-15-18-12-20(27-4)22(29-6)21(13-18)28-5;/h8-13,16H,7,14-15H2,1-6H3,(H2,24,25,26);1H. The van der Waals surface area contributed by atoms with Crippen LogP contribution >= 0.6 is 24.0 Å². The number of aliphatic imine (C=N–C) groups is 1. The van der Waals surface area contributed by atoms with Crippen LogP contribution in [0, 0.1) is 0 Å². The first-order valence-electron chi connectivity index (χ1n) is 10.1. The molecule has 31 heavy (non-hydrogen) atoms. The number of guanidine groups is 1. The molecular weight excluding hydrogens is 509 g/mol. The Morgan fingerprint density at radius 2 is 1.52 bits per heavy atom. The van der Waals surface area contributed by atoms with Crippen molar-refractivity contribution in [1.82, 2.24) is 10.6 Å². The lowest BCUT2D eigenvalue weighted by Gasteiger charge is -2.15. The highest BCUT2D eigenvalue weighted by atomic mass is 127. The number of methoxy groups -OCH3 is 3. The molecule has 2 aromatic carbocycles. The number of halogens is 1. The molecule has 2 aromatic rings. The number of rotatable bonds is 10. The van der Waals surface area contributed by atoms with Gasteiger partial charge in [0.25, 0.3) is 0 Å². The molecule has 0 fully saturated rings. The molecular formula is C23H34IN3O4. The number of hydrogen-bond acceptors (Lipinski definition) is 5. The van der Waals surface area contributed by atoms with Crippen LogP contribution in [0.25, 0.3) is 0 Å². The van der Waals surface area contributed by atoms with E-state index >= 15 is 0 Å². The van der Waals surface area contributed by atoms with Gasteiger partial charge in [0.1, 0.15) is 5.75 Å². The summed E-state index contributed by atoms with van der Waals surface area (Å²) in [4.78, 5) is 4.68. The number of benzene rings is 2. The maximum Gasteiger partial charge on any atom is 0.203 e. The Kier molecular flexibility index (Phi) is 11.9. The van der Waals surface area contributed by atoms with Crippen LogP contribution in [0.5, 0.6) is 23.0 Å². The second kappa shape index (κ2) is 13.8. The largest absolute Gasteiger partial charge is 0.493 e. The van der Waals surface area contributed by atoms with Gasteiger partial charge in [0, 0.05) is 13.1 Å². The Bertz CT molecular complexity index is 801. The minimum absolute atomic E-state index is 0. The molecule has 2 rings (SSSR count). The van der Waals surface area contributed by atoms with Crippen molar-refractivity contribution >= 4 is 29.9 Å². The maximum absolute atomic E-state index is 5.69. The monoisotopic (exact) mass is 543 g/mol.